The Balaban J connectivity index is 1.71. The van der Waals surface area contributed by atoms with Crippen LogP contribution in [0.1, 0.15) is 5.56 Å². The lowest BCUT2D eigenvalue weighted by atomic mass is 10.2. The van der Waals surface area contributed by atoms with Gasteiger partial charge in [0, 0.05) is 29.1 Å². The average molecular weight is 298 g/mol. The van der Waals surface area contributed by atoms with E-state index in [4.69, 9.17) is 4.74 Å². The van der Waals surface area contributed by atoms with E-state index in [1.807, 2.05) is 54.6 Å². The predicted octanol–water partition coefficient (Wildman–Crippen LogP) is 3.51. The van der Waals surface area contributed by atoms with Gasteiger partial charge in [0.25, 0.3) is 0 Å². The molecule has 0 saturated carbocycles. The minimum atomic E-state index is -1.18. The van der Waals surface area contributed by atoms with E-state index < -0.39 is 11.2 Å². The lowest BCUT2D eigenvalue weighted by Gasteiger charge is -2.09. The van der Waals surface area contributed by atoms with Gasteiger partial charge in [-0.15, -0.1) is 0 Å². The number of para-hydroxylation sites is 1. The Bertz CT molecular complexity index is 687. The van der Waals surface area contributed by atoms with Crippen molar-refractivity contribution in [1.82, 2.24) is 9.97 Å². The van der Waals surface area contributed by atoms with Gasteiger partial charge in [0.1, 0.15) is 17.3 Å². The summed E-state index contributed by atoms with van der Waals surface area (Å²) in [5.74, 6) is 1.91. The number of imidazole rings is 1. The van der Waals surface area contributed by atoms with Crippen LogP contribution in [0.2, 0.25) is 0 Å². The molecular weight excluding hydrogens is 284 g/mol. The first-order chi connectivity index (χ1) is 10.3. The quantitative estimate of drug-likeness (QED) is 0.733. The molecule has 1 unspecified atom stereocenters. The molecule has 1 N–H and O–H groups in total. The third-order valence-corrected chi connectivity index (χ3v) is 4.11. The predicted molar refractivity (Wildman–Crippen MR) is 81.7 cm³/mol. The fourth-order valence-electron chi connectivity index (χ4n) is 1.92. The van der Waals surface area contributed by atoms with Crippen LogP contribution in [0.4, 0.5) is 0 Å². The highest BCUT2D eigenvalue weighted by atomic mass is 32.2. The minimum Gasteiger partial charge on any atom is -0.609 e. The number of hydrogen-bond acceptors (Lipinski definition) is 3. The van der Waals surface area contributed by atoms with Gasteiger partial charge in [-0.05, 0) is 24.3 Å². The summed E-state index contributed by atoms with van der Waals surface area (Å²) in [6.45, 7) is 0. The second-order valence-electron chi connectivity index (χ2n) is 4.45. The highest BCUT2D eigenvalue weighted by Crippen LogP contribution is 2.23. The van der Waals surface area contributed by atoms with Crippen LogP contribution < -0.4 is 4.74 Å². The molecule has 106 valence electrons. The number of nitrogens with one attached hydrogen (secondary N) is 1. The maximum atomic E-state index is 12.1. The fourth-order valence-corrected chi connectivity index (χ4v) is 2.92. The van der Waals surface area contributed by atoms with Crippen molar-refractivity contribution in [3.8, 4) is 11.5 Å². The zero-order valence-electron chi connectivity index (χ0n) is 11.2. The Morgan fingerprint density at radius 3 is 2.62 bits per heavy atom. The lowest BCUT2D eigenvalue weighted by Crippen LogP contribution is -2.06. The Morgan fingerprint density at radius 1 is 1.05 bits per heavy atom. The summed E-state index contributed by atoms with van der Waals surface area (Å²) in [5, 5.41) is 0.490. The molecule has 0 bridgehead atoms. The van der Waals surface area contributed by atoms with E-state index in [2.05, 4.69) is 9.97 Å². The molecule has 2 aromatic carbocycles. The zero-order chi connectivity index (χ0) is 14.5. The summed E-state index contributed by atoms with van der Waals surface area (Å²) < 4.78 is 17.9. The number of H-pyrrole nitrogens is 1. The van der Waals surface area contributed by atoms with Crippen LogP contribution in [0.3, 0.4) is 0 Å². The van der Waals surface area contributed by atoms with Crippen LogP contribution >= 0.6 is 0 Å². The number of aromatic nitrogens is 2. The molecule has 1 aromatic heterocycles. The summed E-state index contributed by atoms with van der Waals surface area (Å²) in [4.78, 5) is 6.88. The van der Waals surface area contributed by atoms with Gasteiger partial charge < -0.3 is 14.3 Å². The van der Waals surface area contributed by atoms with Crippen LogP contribution in [0.15, 0.2) is 72.1 Å². The molecular formula is C16H14N2O2S. The van der Waals surface area contributed by atoms with Gasteiger partial charge in [-0.1, -0.05) is 30.3 Å². The molecule has 3 rings (SSSR count). The van der Waals surface area contributed by atoms with Gasteiger partial charge in [0.05, 0.1) is 0 Å². The molecule has 3 aromatic rings. The van der Waals surface area contributed by atoms with Crippen LogP contribution in [-0.2, 0) is 16.9 Å². The number of aromatic amines is 1. The number of nitrogens with zero attached hydrogens (tertiary/aromatic N) is 1. The van der Waals surface area contributed by atoms with Crippen molar-refractivity contribution >= 4 is 11.2 Å². The van der Waals surface area contributed by atoms with Gasteiger partial charge in [-0.25, -0.2) is 0 Å². The first-order valence-electron chi connectivity index (χ1n) is 6.51. The number of hydrogen-bond donors (Lipinski definition) is 1. The van der Waals surface area contributed by atoms with Gasteiger partial charge in [0.2, 0.25) is 0 Å². The standard InChI is InChI=1S/C16H14N2O2S/c19-21(16-17-9-10-18-16)12-13-5-4-8-15(11-13)20-14-6-2-1-3-7-14/h1-11H,12H2,(H,17,18). The molecule has 0 aliphatic rings. The third-order valence-electron chi connectivity index (χ3n) is 2.86. The largest absolute Gasteiger partial charge is 0.609 e. The average Bonchev–Trinajstić information content (AvgIpc) is 3.03. The summed E-state index contributed by atoms with van der Waals surface area (Å²) >= 11 is -1.18. The van der Waals surface area contributed by atoms with E-state index >= 15 is 0 Å². The normalized spacial score (nSPS) is 12.0. The molecule has 4 nitrogen and oxygen atoms in total. The molecule has 0 saturated heterocycles. The molecule has 0 amide bonds. The first-order valence-corrected chi connectivity index (χ1v) is 7.83. The SMILES string of the molecule is [O-][S+](Cc1cccc(Oc2ccccc2)c1)c1ncc[nH]1. The van der Waals surface area contributed by atoms with Gasteiger partial charge >= 0.3 is 5.16 Å². The lowest BCUT2D eigenvalue weighted by molar-refractivity contribution is 0.482. The van der Waals surface area contributed by atoms with Crippen molar-refractivity contribution in [2.24, 2.45) is 0 Å². The fraction of sp³-hybridized carbons (Fsp3) is 0.0625. The van der Waals surface area contributed by atoms with Crippen LogP contribution in [0, 0.1) is 0 Å². The van der Waals surface area contributed by atoms with Crippen molar-refractivity contribution in [1.29, 1.82) is 0 Å². The van der Waals surface area contributed by atoms with Gasteiger partial charge in [-0.3, -0.25) is 0 Å². The molecule has 1 heterocycles. The monoisotopic (exact) mass is 298 g/mol. The van der Waals surface area contributed by atoms with E-state index in [1.54, 1.807) is 12.4 Å². The van der Waals surface area contributed by atoms with Gasteiger partial charge in [-0.2, -0.15) is 4.98 Å². The van der Waals surface area contributed by atoms with Gasteiger partial charge in [0.15, 0.2) is 0 Å². The minimum absolute atomic E-state index is 0.402. The number of rotatable bonds is 5. The van der Waals surface area contributed by atoms with E-state index in [0.29, 0.717) is 10.9 Å². The van der Waals surface area contributed by atoms with Crippen molar-refractivity contribution in [2.75, 3.05) is 0 Å². The van der Waals surface area contributed by atoms with Crippen LogP contribution in [0.25, 0.3) is 0 Å². The maximum Gasteiger partial charge on any atom is 0.320 e. The van der Waals surface area contributed by atoms with Crippen LogP contribution in [0.5, 0.6) is 11.5 Å². The van der Waals surface area contributed by atoms with Crippen molar-refractivity contribution in [2.45, 2.75) is 10.9 Å². The Kier molecular flexibility index (Phi) is 4.23. The van der Waals surface area contributed by atoms with E-state index in [-0.39, 0.29) is 0 Å². The molecule has 5 heteroatoms. The summed E-state index contributed by atoms with van der Waals surface area (Å²) in [7, 11) is 0. The second-order valence-corrected chi connectivity index (χ2v) is 5.81. The van der Waals surface area contributed by atoms with E-state index in [9.17, 15) is 4.55 Å². The Hall–Kier alpha value is -2.24. The van der Waals surface area contributed by atoms with Crippen molar-refractivity contribution in [3.63, 3.8) is 0 Å². The highest BCUT2D eigenvalue weighted by Gasteiger charge is 2.14. The Morgan fingerprint density at radius 2 is 1.86 bits per heavy atom. The third kappa shape index (κ3) is 3.65. The molecule has 0 aliphatic heterocycles. The highest BCUT2D eigenvalue weighted by molar-refractivity contribution is 7.90. The summed E-state index contributed by atoms with van der Waals surface area (Å²) in [5.41, 5.74) is 0.943. The van der Waals surface area contributed by atoms with Crippen molar-refractivity contribution < 1.29 is 9.29 Å². The smallest absolute Gasteiger partial charge is 0.320 e. The topological polar surface area (TPSA) is 61.0 Å². The first kappa shape index (κ1) is 13.7. The molecule has 21 heavy (non-hydrogen) atoms. The number of ether oxygens (including phenoxy) is 1. The van der Waals surface area contributed by atoms with E-state index in [0.717, 1.165) is 17.1 Å². The molecule has 0 spiro atoms. The van der Waals surface area contributed by atoms with E-state index in [1.165, 1.54) is 0 Å². The maximum absolute atomic E-state index is 12.1. The number of benzene rings is 2. The summed E-state index contributed by atoms with van der Waals surface area (Å²) in [6.07, 6.45) is 3.27. The molecule has 0 fully saturated rings. The second kappa shape index (κ2) is 6.47. The zero-order valence-corrected chi connectivity index (χ0v) is 12.0. The van der Waals surface area contributed by atoms with Crippen molar-refractivity contribution in [3.05, 3.63) is 72.6 Å². The molecule has 0 radical (unpaired) electrons. The molecule has 1 atom stereocenters. The van der Waals surface area contributed by atoms with Crippen LogP contribution in [-0.4, -0.2) is 14.5 Å². The molecule has 0 aliphatic carbocycles. The Labute approximate surface area is 126 Å². The summed E-state index contributed by atoms with van der Waals surface area (Å²) in [6, 6.07) is 17.2.